The highest BCUT2D eigenvalue weighted by atomic mass is 32.2. The number of thiophene rings is 1. The number of hydrogen-bond acceptors (Lipinski definition) is 4. The number of carbonyl (C=O) groups excluding carboxylic acids is 1. The largest absolute Gasteiger partial charge is 0.341 e. The Balaban J connectivity index is 1.79. The SMILES string of the molecule is O=C(C1CC1)N1CC[C@@H](c2cccs2)S(=O)(=O)CC1. The van der Waals surface area contributed by atoms with E-state index >= 15 is 0 Å². The zero-order chi connectivity index (χ0) is 13.5. The fourth-order valence-corrected chi connectivity index (χ4v) is 5.55. The zero-order valence-corrected chi connectivity index (χ0v) is 12.3. The topological polar surface area (TPSA) is 54.5 Å². The van der Waals surface area contributed by atoms with E-state index in [9.17, 15) is 13.2 Å². The van der Waals surface area contributed by atoms with Crippen LogP contribution in [0.15, 0.2) is 17.5 Å². The number of carbonyl (C=O) groups is 1. The molecule has 1 aromatic heterocycles. The summed E-state index contributed by atoms with van der Waals surface area (Å²) in [6, 6.07) is 3.76. The van der Waals surface area contributed by atoms with Gasteiger partial charge >= 0.3 is 0 Å². The predicted molar refractivity (Wildman–Crippen MR) is 74.8 cm³/mol. The van der Waals surface area contributed by atoms with Crippen molar-refractivity contribution in [2.75, 3.05) is 18.8 Å². The molecule has 2 aliphatic rings. The summed E-state index contributed by atoms with van der Waals surface area (Å²) in [4.78, 5) is 14.7. The second-order valence-electron chi connectivity index (χ2n) is 5.26. The van der Waals surface area contributed by atoms with Crippen molar-refractivity contribution >= 4 is 27.1 Å². The van der Waals surface area contributed by atoms with Gasteiger partial charge in [-0.2, -0.15) is 0 Å². The van der Waals surface area contributed by atoms with Crippen LogP contribution in [-0.4, -0.2) is 38.1 Å². The number of sulfone groups is 1. The Bertz CT molecular complexity index is 561. The molecule has 1 aromatic rings. The Labute approximate surface area is 117 Å². The number of amides is 1. The first kappa shape index (κ1) is 13.1. The van der Waals surface area contributed by atoms with E-state index in [1.54, 1.807) is 4.90 Å². The van der Waals surface area contributed by atoms with Gasteiger partial charge < -0.3 is 4.90 Å². The van der Waals surface area contributed by atoms with Gasteiger partial charge in [-0.25, -0.2) is 8.42 Å². The first-order valence-corrected chi connectivity index (χ1v) is 9.21. The number of rotatable bonds is 2. The Morgan fingerprint density at radius 1 is 1.26 bits per heavy atom. The first-order chi connectivity index (χ1) is 9.08. The molecule has 1 atom stereocenters. The fourth-order valence-electron chi connectivity index (χ4n) is 2.55. The smallest absolute Gasteiger partial charge is 0.225 e. The molecule has 0 unspecified atom stereocenters. The van der Waals surface area contributed by atoms with Gasteiger partial charge in [-0.15, -0.1) is 11.3 Å². The maximum absolute atomic E-state index is 12.3. The molecule has 0 bridgehead atoms. The minimum absolute atomic E-state index is 0.0913. The molecule has 6 heteroatoms. The highest BCUT2D eigenvalue weighted by Crippen LogP contribution is 2.35. The van der Waals surface area contributed by atoms with Crippen molar-refractivity contribution in [1.29, 1.82) is 0 Å². The third-order valence-electron chi connectivity index (χ3n) is 3.84. The molecule has 2 heterocycles. The van der Waals surface area contributed by atoms with Crippen LogP contribution in [0.5, 0.6) is 0 Å². The Hall–Kier alpha value is -0.880. The molecule has 2 fully saturated rings. The summed E-state index contributed by atoms with van der Waals surface area (Å²) >= 11 is 1.49. The lowest BCUT2D eigenvalue weighted by Crippen LogP contribution is -2.34. The van der Waals surface area contributed by atoms with Crippen LogP contribution in [0.1, 0.15) is 29.4 Å². The number of nitrogens with zero attached hydrogens (tertiary/aromatic N) is 1. The fraction of sp³-hybridized carbons (Fsp3) is 0.615. The van der Waals surface area contributed by atoms with Gasteiger partial charge in [0.15, 0.2) is 9.84 Å². The maximum atomic E-state index is 12.3. The van der Waals surface area contributed by atoms with Crippen LogP contribution in [0.2, 0.25) is 0 Å². The summed E-state index contributed by atoms with van der Waals surface area (Å²) in [5, 5.41) is 1.48. The quantitative estimate of drug-likeness (QED) is 0.837. The highest BCUT2D eigenvalue weighted by Gasteiger charge is 2.37. The average Bonchev–Trinajstić information content (AvgIpc) is 3.12. The van der Waals surface area contributed by atoms with Crippen molar-refractivity contribution in [1.82, 2.24) is 4.90 Å². The van der Waals surface area contributed by atoms with Crippen LogP contribution in [-0.2, 0) is 14.6 Å². The Kier molecular flexibility index (Phi) is 3.39. The van der Waals surface area contributed by atoms with Gasteiger partial charge in [0.05, 0.1) is 11.0 Å². The first-order valence-electron chi connectivity index (χ1n) is 6.62. The van der Waals surface area contributed by atoms with Crippen molar-refractivity contribution in [3.8, 4) is 0 Å². The normalized spacial score (nSPS) is 26.9. The van der Waals surface area contributed by atoms with Crippen LogP contribution >= 0.6 is 11.3 Å². The second kappa shape index (κ2) is 4.90. The molecule has 0 radical (unpaired) electrons. The number of hydrogen-bond donors (Lipinski definition) is 0. The molecule has 1 saturated heterocycles. The lowest BCUT2D eigenvalue weighted by atomic mass is 10.2. The molecule has 0 spiro atoms. The molecule has 1 aliphatic heterocycles. The van der Waals surface area contributed by atoms with Crippen molar-refractivity contribution in [3.63, 3.8) is 0 Å². The van der Waals surface area contributed by atoms with E-state index in [4.69, 9.17) is 0 Å². The van der Waals surface area contributed by atoms with Crippen LogP contribution in [0, 0.1) is 5.92 Å². The van der Waals surface area contributed by atoms with Gasteiger partial charge in [0.25, 0.3) is 0 Å². The van der Waals surface area contributed by atoms with Crippen molar-refractivity contribution in [2.45, 2.75) is 24.5 Å². The maximum Gasteiger partial charge on any atom is 0.225 e. The average molecular weight is 299 g/mol. The lowest BCUT2D eigenvalue weighted by molar-refractivity contribution is -0.132. The summed E-state index contributed by atoms with van der Waals surface area (Å²) in [6.45, 7) is 0.927. The molecule has 4 nitrogen and oxygen atoms in total. The van der Waals surface area contributed by atoms with Crippen molar-refractivity contribution < 1.29 is 13.2 Å². The molecule has 0 aromatic carbocycles. The van der Waals surface area contributed by atoms with Crippen LogP contribution in [0.4, 0.5) is 0 Å². The Morgan fingerprint density at radius 3 is 2.68 bits per heavy atom. The molecule has 1 amide bonds. The third-order valence-corrected chi connectivity index (χ3v) is 7.08. The summed E-state index contributed by atoms with van der Waals surface area (Å²) < 4.78 is 24.6. The summed E-state index contributed by atoms with van der Waals surface area (Å²) in [5.74, 6) is 0.414. The predicted octanol–water partition coefficient (Wildman–Crippen LogP) is 1.85. The lowest BCUT2D eigenvalue weighted by Gasteiger charge is -2.19. The van der Waals surface area contributed by atoms with Gasteiger partial charge in [-0.1, -0.05) is 6.07 Å². The van der Waals surface area contributed by atoms with E-state index in [1.165, 1.54) is 11.3 Å². The summed E-state index contributed by atoms with van der Waals surface area (Å²) in [7, 11) is -3.14. The van der Waals surface area contributed by atoms with E-state index < -0.39 is 15.1 Å². The summed E-state index contributed by atoms with van der Waals surface area (Å²) in [6.07, 6.45) is 2.47. The van der Waals surface area contributed by atoms with Crippen LogP contribution in [0.3, 0.4) is 0 Å². The van der Waals surface area contributed by atoms with Crippen LogP contribution in [0.25, 0.3) is 0 Å². The third kappa shape index (κ3) is 2.69. The highest BCUT2D eigenvalue weighted by molar-refractivity contribution is 7.91. The molecule has 0 N–H and O–H groups in total. The van der Waals surface area contributed by atoms with E-state index in [1.807, 2.05) is 17.5 Å². The molecule has 1 saturated carbocycles. The monoisotopic (exact) mass is 299 g/mol. The standard InChI is InChI=1S/C13H17NO3S2/c15-13(10-3-4-10)14-6-5-12(11-2-1-8-18-11)19(16,17)9-7-14/h1-2,8,10,12H,3-7,9H2/t12-/m0/s1. The van der Waals surface area contributed by atoms with Crippen molar-refractivity contribution in [2.24, 2.45) is 5.92 Å². The molecule has 19 heavy (non-hydrogen) atoms. The van der Waals surface area contributed by atoms with E-state index in [-0.39, 0.29) is 17.6 Å². The molecule has 1 aliphatic carbocycles. The van der Waals surface area contributed by atoms with Gasteiger partial charge in [0.1, 0.15) is 0 Å². The molecular weight excluding hydrogens is 282 g/mol. The van der Waals surface area contributed by atoms with Gasteiger partial charge in [0, 0.05) is 23.9 Å². The summed E-state index contributed by atoms with van der Waals surface area (Å²) in [5.41, 5.74) is 0. The molecular formula is C13H17NO3S2. The molecule has 104 valence electrons. The Morgan fingerprint density at radius 2 is 2.05 bits per heavy atom. The van der Waals surface area contributed by atoms with Gasteiger partial charge in [-0.05, 0) is 30.7 Å². The van der Waals surface area contributed by atoms with E-state index in [0.717, 1.165) is 17.7 Å². The zero-order valence-electron chi connectivity index (χ0n) is 10.6. The van der Waals surface area contributed by atoms with Gasteiger partial charge in [0.2, 0.25) is 5.91 Å². The van der Waals surface area contributed by atoms with E-state index in [0.29, 0.717) is 19.5 Å². The van der Waals surface area contributed by atoms with E-state index in [2.05, 4.69) is 0 Å². The van der Waals surface area contributed by atoms with Gasteiger partial charge in [-0.3, -0.25) is 4.79 Å². The minimum Gasteiger partial charge on any atom is -0.341 e. The van der Waals surface area contributed by atoms with Crippen molar-refractivity contribution in [3.05, 3.63) is 22.4 Å². The second-order valence-corrected chi connectivity index (χ2v) is 8.54. The molecule has 3 rings (SSSR count). The van der Waals surface area contributed by atoms with Crippen LogP contribution < -0.4 is 0 Å². The minimum atomic E-state index is -3.14.